The second kappa shape index (κ2) is 8.08. The molecule has 0 unspecified atom stereocenters. The number of para-hydroxylation sites is 1. The van der Waals surface area contributed by atoms with Gasteiger partial charge >= 0.3 is 0 Å². The van der Waals surface area contributed by atoms with Crippen molar-refractivity contribution in [2.45, 2.75) is 38.3 Å². The summed E-state index contributed by atoms with van der Waals surface area (Å²) in [5.41, 5.74) is 3.36. The molecule has 4 rings (SSSR count). The summed E-state index contributed by atoms with van der Waals surface area (Å²) in [6.07, 6.45) is 5.98. The van der Waals surface area contributed by atoms with Crippen molar-refractivity contribution >= 4 is 20.9 Å². The first-order chi connectivity index (χ1) is 14.4. The van der Waals surface area contributed by atoms with Crippen molar-refractivity contribution in [1.29, 1.82) is 0 Å². The summed E-state index contributed by atoms with van der Waals surface area (Å²) < 4.78 is 31.8. The molecule has 0 aliphatic heterocycles. The first kappa shape index (κ1) is 20.4. The Morgan fingerprint density at radius 2 is 1.97 bits per heavy atom. The third kappa shape index (κ3) is 3.90. The van der Waals surface area contributed by atoms with Crippen molar-refractivity contribution in [2.24, 2.45) is 7.05 Å². The average Bonchev–Trinajstić information content (AvgIpc) is 3.43. The van der Waals surface area contributed by atoms with Gasteiger partial charge in [-0.05, 0) is 38.0 Å². The van der Waals surface area contributed by atoms with E-state index in [0.29, 0.717) is 18.7 Å². The fourth-order valence-electron chi connectivity index (χ4n) is 3.68. The number of hydrogen-bond donors (Lipinski definition) is 1. The predicted octanol–water partition coefficient (Wildman–Crippen LogP) is 2.86. The molecule has 8 nitrogen and oxygen atoms in total. The van der Waals surface area contributed by atoms with Crippen LogP contribution in [0, 0.1) is 6.92 Å². The van der Waals surface area contributed by atoms with E-state index in [1.807, 2.05) is 49.6 Å². The van der Waals surface area contributed by atoms with E-state index in [9.17, 15) is 8.42 Å². The van der Waals surface area contributed by atoms with Crippen LogP contribution in [0.2, 0.25) is 0 Å². The van der Waals surface area contributed by atoms with Crippen LogP contribution in [0.3, 0.4) is 0 Å². The van der Waals surface area contributed by atoms with Gasteiger partial charge in [0.15, 0.2) is 0 Å². The molecule has 0 aliphatic carbocycles. The number of aryl methyl sites for hydroxylation is 3. The highest BCUT2D eigenvalue weighted by molar-refractivity contribution is 7.89. The Balaban J connectivity index is 1.65. The number of nitrogens with one attached hydrogen (secondary N) is 1. The number of benzene rings is 1. The topological polar surface area (TPSA) is 88.8 Å². The lowest BCUT2D eigenvalue weighted by molar-refractivity contribution is 0.403. The van der Waals surface area contributed by atoms with Crippen molar-refractivity contribution in [3.8, 4) is 0 Å². The molecule has 3 aromatic heterocycles. The van der Waals surface area contributed by atoms with Gasteiger partial charge in [0.1, 0.15) is 4.90 Å². The van der Waals surface area contributed by atoms with Crippen LogP contribution in [-0.2, 0) is 36.6 Å². The minimum absolute atomic E-state index is 0.214. The molecule has 4 aromatic rings. The third-order valence-electron chi connectivity index (χ3n) is 5.25. The maximum Gasteiger partial charge on any atom is 0.246 e. The van der Waals surface area contributed by atoms with Crippen molar-refractivity contribution in [3.05, 3.63) is 65.9 Å². The van der Waals surface area contributed by atoms with Crippen LogP contribution >= 0.6 is 0 Å². The summed E-state index contributed by atoms with van der Waals surface area (Å²) in [5.74, 6) is 0. The Bertz CT molecular complexity index is 1270. The van der Waals surface area contributed by atoms with Crippen LogP contribution in [0.4, 0.5) is 0 Å². The standard InChI is InChI=1S/C21H26N6O2S/c1-4-26-11-10-18(24-26)14-27(30(28,29)21-15-25(3)23-16(21)2)12-9-17-13-22-20-8-6-5-7-19(17)20/h5-8,10-11,13,15,22H,4,9,12,14H2,1-3H3. The van der Waals surface area contributed by atoms with E-state index < -0.39 is 10.0 Å². The molecule has 0 atom stereocenters. The van der Waals surface area contributed by atoms with Gasteiger partial charge in [0.05, 0.1) is 17.9 Å². The van der Waals surface area contributed by atoms with E-state index in [-0.39, 0.29) is 11.4 Å². The molecule has 0 bridgehead atoms. The quantitative estimate of drug-likeness (QED) is 0.469. The Hall–Kier alpha value is -2.91. The van der Waals surface area contributed by atoms with Gasteiger partial charge in [-0.25, -0.2) is 8.42 Å². The number of H-pyrrole nitrogens is 1. The van der Waals surface area contributed by atoms with Crippen molar-refractivity contribution in [2.75, 3.05) is 6.54 Å². The minimum Gasteiger partial charge on any atom is -0.361 e. The zero-order chi connectivity index (χ0) is 21.3. The number of aromatic nitrogens is 5. The predicted molar refractivity (Wildman–Crippen MR) is 115 cm³/mol. The molecular formula is C21H26N6O2S. The van der Waals surface area contributed by atoms with Crippen molar-refractivity contribution < 1.29 is 8.42 Å². The van der Waals surface area contributed by atoms with E-state index in [4.69, 9.17) is 0 Å². The highest BCUT2D eigenvalue weighted by Gasteiger charge is 2.29. The van der Waals surface area contributed by atoms with Gasteiger partial charge < -0.3 is 4.98 Å². The second-order valence-corrected chi connectivity index (χ2v) is 9.27. The molecule has 0 radical (unpaired) electrons. The van der Waals surface area contributed by atoms with Gasteiger partial charge in [0, 0.05) is 49.6 Å². The molecular weight excluding hydrogens is 400 g/mol. The molecule has 0 saturated carbocycles. The van der Waals surface area contributed by atoms with Crippen molar-refractivity contribution in [3.63, 3.8) is 0 Å². The molecule has 30 heavy (non-hydrogen) atoms. The number of rotatable bonds is 8. The van der Waals surface area contributed by atoms with Gasteiger partial charge in [-0.1, -0.05) is 18.2 Å². The fourth-order valence-corrected chi connectivity index (χ4v) is 5.29. The molecule has 0 amide bonds. The van der Waals surface area contributed by atoms with Gasteiger partial charge in [-0.2, -0.15) is 14.5 Å². The zero-order valence-corrected chi connectivity index (χ0v) is 18.2. The number of sulfonamides is 1. The van der Waals surface area contributed by atoms with Gasteiger partial charge in [0.2, 0.25) is 10.0 Å². The summed E-state index contributed by atoms with van der Waals surface area (Å²) in [7, 11) is -2.00. The molecule has 3 heterocycles. The first-order valence-electron chi connectivity index (χ1n) is 9.96. The van der Waals surface area contributed by atoms with E-state index >= 15 is 0 Å². The summed E-state index contributed by atoms with van der Waals surface area (Å²) in [6.45, 7) is 5.02. The highest BCUT2D eigenvalue weighted by atomic mass is 32.2. The van der Waals surface area contributed by atoms with Gasteiger partial charge in [-0.3, -0.25) is 9.36 Å². The highest BCUT2D eigenvalue weighted by Crippen LogP contribution is 2.23. The molecule has 0 aliphatic rings. The van der Waals surface area contributed by atoms with Gasteiger partial charge in [-0.15, -0.1) is 0 Å². The van der Waals surface area contributed by atoms with Crippen LogP contribution in [0.5, 0.6) is 0 Å². The Morgan fingerprint density at radius 1 is 1.17 bits per heavy atom. The van der Waals surface area contributed by atoms with Gasteiger partial charge in [0.25, 0.3) is 0 Å². The molecule has 1 N–H and O–H groups in total. The van der Waals surface area contributed by atoms with Crippen LogP contribution in [0.25, 0.3) is 10.9 Å². The Labute approximate surface area is 176 Å². The number of hydrogen-bond acceptors (Lipinski definition) is 4. The average molecular weight is 427 g/mol. The summed E-state index contributed by atoms with van der Waals surface area (Å²) in [6, 6.07) is 9.91. The van der Waals surface area contributed by atoms with E-state index in [1.54, 1.807) is 24.9 Å². The molecule has 0 fully saturated rings. The first-order valence-corrected chi connectivity index (χ1v) is 11.4. The smallest absolute Gasteiger partial charge is 0.246 e. The van der Waals surface area contributed by atoms with E-state index in [2.05, 4.69) is 15.2 Å². The molecule has 0 spiro atoms. The van der Waals surface area contributed by atoms with E-state index in [1.165, 1.54) is 8.99 Å². The second-order valence-electron chi connectivity index (χ2n) is 7.36. The third-order valence-corrected chi connectivity index (χ3v) is 7.20. The monoisotopic (exact) mass is 426 g/mol. The van der Waals surface area contributed by atoms with E-state index in [0.717, 1.165) is 28.7 Å². The lowest BCUT2D eigenvalue weighted by Gasteiger charge is -2.21. The van der Waals surface area contributed by atoms with Crippen molar-refractivity contribution in [1.82, 2.24) is 28.9 Å². The molecule has 1 aromatic carbocycles. The number of aromatic amines is 1. The molecule has 0 saturated heterocycles. The summed E-state index contributed by atoms with van der Waals surface area (Å²) in [4.78, 5) is 3.49. The normalized spacial score (nSPS) is 12.3. The van der Waals surface area contributed by atoms with Crippen LogP contribution in [0.1, 0.15) is 23.9 Å². The van der Waals surface area contributed by atoms with Crippen LogP contribution in [0.15, 0.2) is 53.8 Å². The maximum absolute atomic E-state index is 13.5. The number of nitrogens with zero attached hydrogens (tertiary/aromatic N) is 5. The number of fused-ring (bicyclic) bond motifs is 1. The van der Waals surface area contributed by atoms with Crippen LogP contribution in [-0.4, -0.2) is 43.8 Å². The largest absolute Gasteiger partial charge is 0.361 e. The Morgan fingerprint density at radius 3 is 2.67 bits per heavy atom. The molecule has 9 heteroatoms. The Kier molecular flexibility index (Phi) is 5.48. The molecule has 158 valence electrons. The van der Waals surface area contributed by atoms with Crippen LogP contribution < -0.4 is 0 Å². The lowest BCUT2D eigenvalue weighted by atomic mass is 10.1. The SMILES string of the molecule is CCn1ccc(CN(CCc2c[nH]c3ccccc23)S(=O)(=O)c2cn(C)nc2C)n1. The minimum atomic E-state index is -3.72. The summed E-state index contributed by atoms with van der Waals surface area (Å²) in [5, 5.41) is 9.82. The summed E-state index contributed by atoms with van der Waals surface area (Å²) >= 11 is 0. The fraction of sp³-hybridized carbons (Fsp3) is 0.333. The maximum atomic E-state index is 13.5. The lowest BCUT2D eigenvalue weighted by Crippen LogP contribution is -2.33. The zero-order valence-electron chi connectivity index (χ0n) is 17.4.